The van der Waals surface area contributed by atoms with E-state index in [-0.39, 0.29) is 11.9 Å². The Hall–Kier alpha value is -1.33. The molecule has 0 saturated carbocycles. The van der Waals surface area contributed by atoms with Crippen molar-refractivity contribution in [1.82, 2.24) is 5.32 Å². The maximum atomic E-state index is 14.1. The van der Waals surface area contributed by atoms with Gasteiger partial charge in [0.25, 0.3) is 0 Å². The quantitative estimate of drug-likeness (QED) is 0.774. The average molecular weight is 299 g/mol. The van der Waals surface area contributed by atoms with Gasteiger partial charge in [-0.3, -0.25) is 0 Å². The molecule has 1 aromatic rings. The van der Waals surface area contributed by atoms with Gasteiger partial charge in [-0.15, -0.1) is 0 Å². The Balaban J connectivity index is 2.90. The standard InChI is InChI=1S/C16H26FNO3/c1-6-16(19,7-2)10-18-11(3)12-8-14(20-4)15(21-5)9-13(12)17/h8-9,11,18-19H,6-7,10H2,1-5H3. The lowest BCUT2D eigenvalue weighted by Gasteiger charge is -2.28. The molecule has 0 saturated heterocycles. The molecule has 0 aliphatic heterocycles. The summed E-state index contributed by atoms with van der Waals surface area (Å²) in [6.45, 7) is 6.14. The van der Waals surface area contributed by atoms with E-state index in [2.05, 4.69) is 5.32 Å². The summed E-state index contributed by atoms with van der Waals surface area (Å²) in [5.74, 6) is 0.498. The van der Waals surface area contributed by atoms with Gasteiger partial charge in [-0.2, -0.15) is 0 Å². The van der Waals surface area contributed by atoms with E-state index < -0.39 is 5.60 Å². The molecule has 120 valence electrons. The van der Waals surface area contributed by atoms with Gasteiger partial charge in [0.15, 0.2) is 11.5 Å². The topological polar surface area (TPSA) is 50.7 Å². The number of ether oxygens (including phenoxy) is 2. The van der Waals surface area contributed by atoms with Gasteiger partial charge in [-0.25, -0.2) is 4.39 Å². The van der Waals surface area contributed by atoms with Crippen LogP contribution in [0.4, 0.5) is 4.39 Å². The predicted octanol–water partition coefficient (Wildman–Crippen LogP) is 3.04. The lowest BCUT2D eigenvalue weighted by atomic mass is 9.96. The molecule has 0 spiro atoms. The van der Waals surface area contributed by atoms with Crippen molar-refractivity contribution in [1.29, 1.82) is 0 Å². The molecule has 1 aromatic carbocycles. The van der Waals surface area contributed by atoms with E-state index in [4.69, 9.17) is 9.47 Å². The lowest BCUT2D eigenvalue weighted by Crippen LogP contribution is -2.40. The van der Waals surface area contributed by atoms with E-state index in [9.17, 15) is 9.50 Å². The van der Waals surface area contributed by atoms with Crippen molar-refractivity contribution in [2.24, 2.45) is 0 Å². The number of rotatable bonds is 8. The number of aliphatic hydroxyl groups is 1. The Morgan fingerprint density at radius 3 is 2.19 bits per heavy atom. The number of nitrogens with one attached hydrogen (secondary N) is 1. The predicted molar refractivity (Wildman–Crippen MR) is 81.5 cm³/mol. The second-order valence-corrected chi connectivity index (χ2v) is 5.26. The number of benzene rings is 1. The van der Waals surface area contributed by atoms with Gasteiger partial charge in [-0.1, -0.05) is 13.8 Å². The first-order valence-electron chi connectivity index (χ1n) is 7.28. The van der Waals surface area contributed by atoms with E-state index in [1.54, 1.807) is 6.07 Å². The molecule has 0 heterocycles. The van der Waals surface area contributed by atoms with Gasteiger partial charge in [-0.05, 0) is 25.8 Å². The van der Waals surface area contributed by atoms with Crippen molar-refractivity contribution in [3.8, 4) is 11.5 Å². The van der Waals surface area contributed by atoms with Crippen LogP contribution < -0.4 is 14.8 Å². The van der Waals surface area contributed by atoms with E-state index in [1.807, 2.05) is 20.8 Å². The SMILES string of the molecule is CCC(O)(CC)CNC(C)c1cc(OC)c(OC)cc1F. The third kappa shape index (κ3) is 4.32. The Bertz CT molecular complexity index is 461. The summed E-state index contributed by atoms with van der Waals surface area (Å²) in [7, 11) is 2.99. The fraction of sp³-hybridized carbons (Fsp3) is 0.625. The van der Waals surface area contributed by atoms with Gasteiger partial charge in [0.2, 0.25) is 0 Å². The van der Waals surface area contributed by atoms with Gasteiger partial charge >= 0.3 is 0 Å². The van der Waals surface area contributed by atoms with Crippen LogP contribution in [-0.4, -0.2) is 31.5 Å². The highest BCUT2D eigenvalue weighted by Gasteiger charge is 2.24. The number of halogens is 1. The van der Waals surface area contributed by atoms with Crippen LogP contribution in [0.1, 0.15) is 45.2 Å². The van der Waals surface area contributed by atoms with Crippen molar-refractivity contribution in [3.05, 3.63) is 23.5 Å². The molecule has 1 unspecified atom stereocenters. The average Bonchev–Trinajstić information content (AvgIpc) is 2.51. The molecule has 0 aromatic heterocycles. The molecule has 2 N–H and O–H groups in total. The van der Waals surface area contributed by atoms with Crippen LogP contribution in [0.2, 0.25) is 0 Å². The first-order valence-corrected chi connectivity index (χ1v) is 7.28. The van der Waals surface area contributed by atoms with Crippen LogP contribution in [0.15, 0.2) is 12.1 Å². The van der Waals surface area contributed by atoms with Crippen molar-refractivity contribution in [2.45, 2.75) is 45.3 Å². The second-order valence-electron chi connectivity index (χ2n) is 5.26. The molecular weight excluding hydrogens is 273 g/mol. The first kappa shape index (κ1) is 17.7. The van der Waals surface area contributed by atoms with Gasteiger partial charge < -0.3 is 19.9 Å². The van der Waals surface area contributed by atoms with Gasteiger partial charge in [0, 0.05) is 24.2 Å². The number of hydrogen-bond acceptors (Lipinski definition) is 4. The zero-order valence-electron chi connectivity index (χ0n) is 13.5. The Labute approximate surface area is 126 Å². The van der Waals surface area contributed by atoms with E-state index >= 15 is 0 Å². The third-order valence-corrected chi connectivity index (χ3v) is 4.02. The molecule has 1 rings (SSSR count). The first-order chi connectivity index (χ1) is 9.90. The second kappa shape index (κ2) is 7.61. The Kier molecular flexibility index (Phi) is 6.42. The minimum atomic E-state index is -0.763. The van der Waals surface area contributed by atoms with E-state index in [1.165, 1.54) is 20.3 Å². The fourth-order valence-corrected chi connectivity index (χ4v) is 2.15. The Morgan fingerprint density at radius 2 is 1.71 bits per heavy atom. The number of hydrogen-bond donors (Lipinski definition) is 2. The Morgan fingerprint density at radius 1 is 1.19 bits per heavy atom. The highest BCUT2D eigenvalue weighted by Crippen LogP contribution is 2.32. The molecule has 0 radical (unpaired) electrons. The van der Waals surface area contributed by atoms with Crippen molar-refractivity contribution < 1.29 is 19.0 Å². The minimum Gasteiger partial charge on any atom is -0.493 e. The molecule has 21 heavy (non-hydrogen) atoms. The summed E-state index contributed by atoms with van der Waals surface area (Å²) in [4.78, 5) is 0. The smallest absolute Gasteiger partial charge is 0.163 e. The van der Waals surface area contributed by atoms with Crippen LogP contribution in [0.25, 0.3) is 0 Å². The summed E-state index contributed by atoms with van der Waals surface area (Å²) in [5, 5.41) is 13.5. The molecule has 0 aliphatic rings. The van der Waals surface area contributed by atoms with Crippen molar-refractivity contribution >= 4 is 0 Å². The summed E-state index contributed by atoms with van der Waals surface area (Å²) >= 11 is 0. The summed E-state index contributed by atoms with van der Waals surface area (Å²) in [6, 6.07) is 2.70. The van der Waals surface area contributed by atoms with Crippen LogP contribution in [0.3, 0.4) is 0 Å². The van der Waals surface area contributed by atoms with E-state index in [0.29, 0.717) is 36.4 Å². The largest absolute Gasteiger partial charge is 0.493 e. The fourth-order valence-electron chi connectivity index (χ4n) is 2.15. The van der Waals surface area contributed by atoms with Crippen LogP contribution in [0, 0.1) is 5.82 Å². The van der Waals surface area contributed by atoms with Crippen LogP contribution in [0.5, 0.6) is 11.5 Å². The molecule has 0 bridgehead atoms. The number of methoxy groups -OCH3 is 2. The molecule has 0 aliphatic carbocycles. The molecule has 5 heteroatoms. The molecule has 0 amide bonds. The zero-order valence-corrected chi connectivity index (χ0v) is 13.5. The van der Waals surface area contributed by atoms with Gasteiger partial charge in [0.1, 0.15) is 5.82 Å². The minimum absolute atomic E-state index is 0.241. The lowest BCUT2D eigenvalue weighted by molar-refractivity contribution is 0.0302. The van der Waals surface area contributed by atoms with Crippen LogP contribution in [-0.2, 0) is 0 Å². The van der Waals surface area contributed by atoms with Crippen LogP contribution >= 0.6 is 0 Å². The monoisotopic (exact) mass is 299 g/mol. The normalized spacial score (nSPS) is 13.1. The maximum absolute atomic E-state index is 14.1. The van der Waals surface area contributed by atoms with Crippen molar-refractivity contribution in [3.63, 3.8) is 0 Å². The van der Waals surface area contributed by atoms with E-state index in [0.717, 1.165) is 0 Å². The third-order valence-electron chi connectivity index (χ3n) is 4.02. The highest BCUT2D eigenvalue weighted by molar-refractivity contribution is 5.44. The summed E-state index contributed by atoms with van der Waals surface area (Å²) in [5.41, 5.74) is -0.274. The highest BCUT2D eigenvalue weighted by atomic mass is 19.1. The summed E-state index contributed by atoms with van der Waals surface area (Å²) < 4.78 is 24.4. The molecule has 4 nitrogen and oxygen atoms in total. The molecular formula is C16H26FNO3. The molecule has 0 fully saturated rings. The van der Waals surface area contributed by atoms with Gasteiger partial charge in [0.05, 0.1) is 19.8 Å². The maximum Gasteiger partial charge on any atom is 0.163 e. The zero-order chi connectivity index (χ0) is 16.0. The summed E-state index contributed by atoms with van der Waals surface area (Å²) in [6.07, 6.45) is 1.30. The molecule has 1 atom stereocenters. The van der Waals surface area contributed by atoms with Crippen molar-refractivity contribution in [2.75, 3.05) is 20.8 Å².